The van der Waals surface area contributed by atoms with Crippen LogP contribution in [0, 0.1) is 11.8 Å². The first-order valence-electron chi connectivity index (χ1n) is 7.70. The maximum Gasteiger partial charge on any atom is 0.273 e. The molecule has 0 saturated carbocycles. The summed E-state index contributed by atoms with van der Waals surface area (Å²) in [6, 6.07) is 2.21. The minimum Gasteiger partial charge on any atom is -0.337 e. The molecule has 2 aliphatic heterocycles. The number of amides is 1. The fourth-order valence-electron chi connectivity index (χ4n) is 3.70. The second kappa shape index (κ2) is 6.10. The molecule has 6 heteroatoms. The van der Waals surface area contributed by atoms with Gasteiger partial charge in [-0.25, -0.2) is 4.98 Å². The summed E-state index contributed by atoms with van der Waals surface area (Å²) in [5, 5.41) is 6.23. The predicted molar refractivity (Wildman–Crippen MR) is 89.2 cm³/mol. The molecule has 2 aromatic heterocycles. The van der Waals surface area contributed by atoms with Crippen molar-refractivity contribution in [1.82, 2.24) is 14.8 Å². The Labute approximate surface area is 138 Å². The van der Waals surface area contributed by atoms with E-state index >= 15 is 0 Å². The van der Waals surface area contributed by atoms with Crippen molar-refractivity contribution in [3.63, 3.8) is 0 Å². The molecule has 4 heterocycles. The molecule has 22 heavy (non-hydrogen) atoms. The van der Waals surface area contributed by atoms with Crippen molar-refractivity contribution in [2.24, 2.45) is 11.8 Å². The molecule has 1 amide bonds. The average Bonchev–Trinajstić information content (AvgIpc) is 3.27. The van der Waals surface area contributed by atoms with E-state index in [2.05, 4.69) is 26.7 Å². The first kappa shape index (κ1) is 14.4. The average molecular weight is 333 g/mol. The molecule has 2 aromatic rings. The lowest BCUT2D eigenvalue weighted by Crippen LogP contribution is -2.43. The normalized spacial score (nSPS) is 25.4. The molecule has 4 nitrogen and oxygen atoms in total. The third kappa shape index (κ3) is 2.83. The Bertz CT molecular complexity index is 626. The van der Waals surface area contributed by atoms with E-state index in [-0.39, 0.29) is 5.91 Å². The van der Waals surface area contributed by atoms with E-state index in [1.54, 1.807) is 16.8 Å². The van der Waals surface area contributed by atoms with E-state index < -0.39 is 0 Å². The van der Waals surface area contributed by atoms with Crippen LogP contribution in [0.5, 0.6) is 0 Å². The lowest BCUT2D eigenvalue weighted by molar-refractivity contribution is 0.0637. The highest BCUT2D eigenvalue weighted by atomic mass is 32.1. The van der Waals surface area contributed by atoms with E-state index in [1.807, 2.05) is 10.3 Å². The molecule has 0 spiro atoms. The third-order valence-corrected chi connectivity index (χ3v) is 6.12. The zero-order valence-electron chi connectivity index (χ0n) is 12.4. The number of aromatic nitrogens is 1. The summed E-state index contributed by atoms with van der Waals surface area (Å²) >= 11 is 3.25. The number of carbonyl (C=O) groups excluding carboxylic acids is 1. The lowest BCUT2D eigenvalue weighted by Gasteiger charge is -2.34. The van der Waals surface area contributed by atoms with Gasteiger partial charge in [0.05, 0.1) is 5.51 Å². The van der Waals surface area contributed by atoms with E-state index in [4.69, 9.17) is 0 Å². The molecule has 2 saturated heterocycles. The smallest absolute Gasteiger partial charge is 0.273 e. The highest BCUT2D eigenvalue weighted by Gasteiger charge is 2.38. The zero-order valence-corrected chi connectivity index (χ0v) is 14.0. The van der Waals surface area contributed by atoms with Crippen molar-refractivity contribution in [3.05, 3.63) is 39.0 Å². The molecule has 0 radical (unpaired) electrons. The topological polar surface area (TPSA) is 36.4 Å². The zero-order chi connectivity index (χ0) is 14.9. The molecule has 2 fully saturated rings. The highest BCUT2D eigenvalue weighted by Crippen LogP contribution is 2.32. The van der Waals surface area contributed by atoms with Crippen LogP contribution in [0.4, 0.5) is 0 Å². The van der Waals surface area contributed by atoms with E-state index in [1.165, 1.54) is 23.4 Å². The Morgan fingerprint density at radius 1 is 1.23 bits per heavy atom. The Morgan fingerprint density at radius 2 is 2.14 bits per heavy atom. The number of nitrogens with zero attached hydrogens (tertiary/aromatic N) is 3. The Balaban J connectivity index is 1.38. The number of carbonyl (C=O) groups is 1. The summed E-state index contributed by atoms with van der Waals surface area (Å²) in [6.07, 6.45) is 1.13. The van der Waals surface area contributed by atoms with Gasteiger partial charge in [-0.2, -0.15) is 11.3 Å². The number of piperidine rings is 1. The maximum atomic E-state index is 12.4. The molecule has 0 N–H and O–H groups in total. The quantitative estimate of drug-likeness (QED) is 0.867. The van der Waals surface area contributed by atoms with Gasteiger partial charge in [0.15, 0.2) is 0 Å². The molecule has 2 aliphatic rings. The summed E-state index contributed by atoms with van der Waals surface area (Å²) < 4.78 is 0. The van der Waals surface area contributed by atoms with Crippen molar-refractivity contribution in [1.29, 1.82) is 0 Å². The van der Waals surface area contributed by atoms with Crippen LogP contribution in [0.1, 0.15) is 22.5 Å². The van der Waals surface area contributed by atoms with Gasteiger partial charge in [0.1, 0.15) is 5.69 Å². The van der Waals surface area contributed by atoms with Crippen LogP contribution in [0.3, 0.4) is 0 Å². The number of rotatable bonds is 3. The molecular weight excluding hydrogens is 314 g/mol. The van der Waals surface area contributed by atoms with Gasteiger partial charge in [-0.1, -0.05) is 0 Å². The Kier molecular flexibility index (Phi) is 3.98. The molecule has 0 aromatic carbocycles. The summed E-state index contributed by atoms with van der Waals surface area (Å²) in [6.45, 7) is 5.11. The number of hydrogen-bond donors (Lipinski definition) is 0. The summed E-state index contributed by atoms with van der Waals surface area (Å²) in [4.78, 5) is 21.2. The fraction of sp³-hybridized carbons (Fsp3) is 0.500. The van der Waals surface area contributed by atoms with Crippen molar-refractivity contribution in [3.8, 4) is 0 Å². The van der Waals surface area contributed by atoms with Crippen LogP contribution < -0.4 is 0 Å². The minimum absolute atomic E-state index is 0.107. The van der Waals surface area contributed by atoms with E-state index in [0.717, 1.165) is 38.5 Å². The second-order valence-electron chi connectivity index (χ2n) is 6.26. The standard InChI is InChI=1S/C16H19N3OS2/c20-16(15-10-22-11-17-15)19-3-1-13-6-18(7-14(13)8-19)5-12-2-4-21-9-12/h2,4,9-11,13-14H,1,3,5-8H2/t13-,14-/m0/s1. The Morgan fingerprint density at radius 3 is 2.91 bits per heavy atom. The molecule has 0 bridgehead atoms. The monoisotopic (exact) mass is 333 g/mol. The van der Waals surface area contributed by atoms with Gasteiger partial charge in [0.2, 0.25) is 0 Å². The second-order valence-corrected chi connectivity index (χ2v) is 7.76. The van der Waals surface area contributed by atoms with Crippen molar-refractivity contribution >= 4 is 28.6 Å². The van der Waals surface area contributed by atoms with Crippen molar-refractivity contribution in [2.75, 3.05) is 26.2 Å². The van der Waals surface area contributed by atoms with E-state index in [9.17, 15) is 4.79 Å². The summed E-state index contributed by atoms with van der Waals surface area (Å²) in [5.74, 6) is 1.48. The summed E-state index contributed by atoms with van der Waals surface area (Å²) in [5.41, 5.74) is 3.76. The molecular formula is C16H19N3OS2. The van der Waals surface area contributed by atoms with Crippen LogP contribution in [0.25, 0.3) is 0 Å². The van der Waals surface area contributed by atoms with Crippen LogP contribution >= 0.6 is 22.7 Å². The van der Waals surface area contributed by atoms with E-state index in [0.29, 0.717) is 11.6 Å². The first-order valence-corrected chi connectivity index (χ1v) is 9.59. The number of thiazole rings is 1. The van der Waals surface area contributed by atoms with Gasteiger partial charge in [0, 0.05) is 38.1 Å². The van der Waals surface area contributed by atoms with Crippen LogP contribution in [0.2, 0.25) is 0 Å². The Hall–Kier alpha value is -1.24. The SMILES string of the molecule is O=C(c1cscn1)N1CC[C@H]2CN(Cc3ccsc3)C[C@H]2C1. The van der Waals surface area contributed by atoms with Crippen molar-refractivity contribution < 1.29 is 4.79 Å². The molecule has 116 valence electrons. The maximum absolute atomic E-state index is 12.4. The first-order chi connectivity index (χ1) is 10.8. The number of thiophene rings is 1. The number of likely N-dealkylation sites (tertiary alicyclic amines) is 2. The van der Waals surface area contributed by atoms with Crippen LogP contribution in [-0.2, 0) is 6.54 Å². The number of hydrogen-bond acceptors (Lipinski definition) is 5. The highest BCUT2D eigenvalue weighted by molar-refractivity contribution is 7.08. The fourth-order valence-corrected chi connectivity index (χ4v) is 4.89. The third-order valence-electron chi connectivity index (χ3n) is 4.80. The molecule has 0 unspecified atom stereocenters. The van der Waals surface area contributed by atoms with Crippen LogP contribution in [0.15, 0.2) is 27.7 Å². The van der Waals surface area contributed by atoms with Gasteiger partial charge >= 0.3 is 0 Å². The van der Waals surface area contributed by atoms with Gasteiger partial charge < -0.3 is 4.90 Å². The number of fused-ring (bicyclic) bond motifs is 1. The molecule has 0 aliphatic carbocycles. The summed E-state index contributed by atoms with van der Waals surface area (Å²) in [7, 11) is 0. The van der Waals surface area contributed by atoms with Crippen molar-refractivity contribution in [2.45, 2.75) is 13.0 Å². The predicted octanol–water partition coefficient (Wildman–Crippen LogP) is 2.80. The molecule has 4 rings (SSSR count). The van der Waals surface area contributed by atoms with Crippen LogP contribution in [-0.4, -0.2) is 46.9 Å². The van der Waals surface area contributed by atoms with Gasteiger partial charge in [0.25, 0.3) is 5.91 Å². The lowest BCUT2D eigenvalue weighted by atomic mass is 9.88. The molecule has 2 atom stereocenters. The van der Waals surface area contributed by atoms with Gasteiger partial charge in [-0.3, -0.25) is 9.69 Å². The minimum atomic E-state index is 0.107. The van der Waals surface area contributed by atoms with Gasteiger partial charge in [-0.15, -0.1) is 11.3 Å². The largest absolute Gasteiger partial charge is 0.337 e. The van der Waals surface area contributed by atoms with Gasteiger partial charge in [-0.05, 0) is 40.6 Å².